The molecule has 0 unspecified atom stereocenters. The van der Waals surface area contributed by atoms with Crippen molar-refractivity contribution >= 4 is 29.8 Å². The molecule has 0 saturated carbocycles. The Morgan fingerprint density at radius 2 is 1.65 bits per heavy atom. The Hall–Kier alpha value is -4.09. The maximum absolute atomic E-state index is 14.0. The van der Waals surface area contributed by atoms with E-state index in [1.807, 2.05) is 41.0 Å². The predicted octanol–water partition coefficient (Wildman–Crippen LogP) is 4.87. The van der Waals surface area contributed by atoms with Gasteiger partial charge in [-0.15, -0.1) is 0 Å². The zero-order valence-corrected chi connectivity index (χ0v) is 28.7. The monoisotopic (exact) mass is 673 g/mol. The van der Waals surface area contributed by atoms with Crippen LogP contribution in [-0.4, -0.2) is 117 Å². The van der Waals surface area contributed by atoms with E-state index in [-0.39, 0.29) is 30.2 Å². The smallest absolute Gasteiger partial charge is 0.410 e. The second-order valence-electron chi connectivity index (χ2n) is 14.1. The zero-order chi connectivity index (χ0) is 34.5. The number of phenols is 1. The number of fused-ring (bicyclic) bond motifs is 1. The first-order valence-corrected chi connectivity index (χ1v) is 18.0. The highest BCUT2D eigenvalue weighted by Crippen LogP contribution is 2.30. The summed E-state index contributed by atoms with van der Waals surface area (Å²) in [6.45, 7) is 10.2. The van der Waals surface area contributed by atoms with E-state index in [0.29, 0.717) is 57.2 Å². The van der Waals surface area contributed by atoms with Crippen LogP contribution in [0.4, 0.5) is 15.3 Å². The summed E-state index contributed by atoms with van der Waals surface area (Å²) < 4.78 is 6.03. The fourth-order valence-corrected chi connectivity index (χ4v) is 7.90. The molecule has 0 radical (unpaired) electrons. The van der Waals surface area contributed by atoms with Gasteiger partial charge in [-0.2, -0.15) is 0 Å². The van der Waals surface area contributed by atoms with Crippen LogP contribution < -0.4 is 5.32 Å². The molecule has 11 nitrogen and oxygen atoms in total. The number of aromatic hydroxyl groups is 1. The van der Waals surface area contributed by atoms with Crippen molar-refractivity contribution in [2.24, 2.45) is 0 Å². The molecule has 6 rings (SSSR count). The average Bonchev–Trinajstić information content (AvgIpc) is 3.30. The lowest BCUT2D eigenvalue weighted by atomic mass is 9.87. The van der Waals surface area contributed by atoms with Crippen molar-refractivity contribution in [3.05, 3.63) is 65.7 Å². The molecule has 11 heteroatoms. The number of ether oxygens (including phenoxy) is 1. The number of phenolic OH excluding ortho intramolecular Hbond substituents is 1. The number of benzene rings is 2. The predicted molar refractivity (Wildman–Crippen MR) is 188 cm³/mol. The Bertz CT molecular complexity index is 1510. The highest BCUT2D eigenvalue weighted by Gasteiger charge is 2.38. The van der Waals surface area contributed by atoms with Crippen LogP contribution in [0.1, 0.15) is 68.6 Å². The second kappa shape index (κ2) is 15.2. The third-order valence-corrected chi connectivity index (χ3v) is 11.2. The molecule has 4 aliphatic heterocycles. The number of likely N-dealkylation sites (tertiary alicyclic amines) is 3. The van der Waals surface area contributed by atoms with Gasteiger partial charge in [0.1, 0.15) is 5.75 Å². The fraction of sp³-hybridized carbons (Fsp3) is 0.553. The highest BCUT2D eigenvalue weighted by atomic mass is 16.6. The van der Waals surface area contributed by atoms with Crippen molar-refractivity contribution in [3.63, 3.8) is 0 Å². The van der Waals surface area contributed by atoms with Crippen molar-refractivity contribution in [2.45, 2.75) is 88.5 Å². The van der Waals surface area contributed by atoms with Crippen LogP contribution in [0.2, 0.25) is 0 Å². The largest absolute Gasteiger partial charge is 0.507 e. The number of anilines is 1. The van der Waals surface area contributed by atoms with Crippen molar-refractivity contribution in [3.8, 4) is 5.75 Å². The molecular weight excluding hydrogens is 622 g/mol. The molecule has 2 aromatic rings. The number of carbonyl (C=O) groups excluding carboxylic acids is 3. The number of nitrogens with zero attached hydrogens (tertiary/aromatic N) is 4. The number of rotatable bonds is 8. The number of para-hydroxylation sites is 1. The number of aliphatic hydroxyl groups is 1. The number of amides is 4. The molecule has 4 heterocycles. The first-order valence-electron chi connectivity index (χ1n) is 18.0. The summed E-state index contributed by atoms with van der Waals surface area (Å²) in [4.78, 5) is 48.5. The summed E-state index contributed by atoms with van der Waals surface area (Å²) in [6.07, 6.45) is 6.18. The first-order chi connectivity index (χ1) is 23.7. The van der Waals surface area contributed by atoms with Gasteiger partial charge in [-0.1, -0.05) is 43.8 Å². The summed E-state index contributed by atoms with van der Waals surface area (Å²) in [5.41, 5.74) is 2.71. The molecule has 0 aliphatic carbocycles. The molecule has 0 bridgehead atoms. The van der Waals surface area contributed by atoms with Crippen LogP contribution in [0.5, 0.6) is 5.75 Å². The van der Waals surface area contributed by atoms with E-state index in [9.17, 15) is 24.6 Å². The Morgan fingerprint density at radius 1 is 0.980 bits per heavy atom. The normalized spacial score (nSPS) is 21.3. The van der Waals surface area contributed by atoms with E-state index >= 15 is 0 Å². The minimum absolute atomic E-state index is 0.00193. The standard InChI is InChI=1S/C38H51N5O6/c1-3-28-25-27(9-10-33(28)44)26-34(35(45)41-18-12-30(13-19-41)40-23-16-38(48,4-2)17-24-40)49-37(47)42-20-14-31(15-21-42)43-22-11-29-7-5-6-8-32(29)39-36(43)46/h3,5-10,25,30-31,34,44,48H,1,4,11-24,26H2,2H3,(H,39,46)/t34-/m1/s1. The van der Waals surface area contributed by atoms with Crippen LogP contribution >= 0.6 is 0 Å². The number of carbonyl (C=O) groups is 3. The van der Waals surface area contributed by atoms with Crippen LogP contribution in [0.3, 0.4) is 0 Å². The third kappa shape index (κ3) is 8.05. The third-order valence-electron chi connectivity index (χ3n) is 11.2. The molecule has 49 heavy (non-hydrogen) atoms. The number of piperidine rings is 3. The minimum Gasteiger partial charge on any atom is -0.507 e. The Morgan fingerprint density at radius 3 is 2.35 bits per heavy atom. The van der Waals surface area contributed by atoms with E-state index in [4.69, 9.17) is 4.74 Å². The van der Waals surface area contributed by atoms with Crippen LogP contribution in [0, 0.1) is 0 Å². The topological polar surface area (TPSA) is 126 Å². The average molecular weight is 674 g/mol. The lowest BCUT2D eigenvalue weighted by Crippen LogP contribution is -2.54. The van der Waals surface area contributed by atoms with Gasteiger partial charge in [0.25, 0.3) is 5.91 Å². The number of urea groups is 1. The molecule has 1 atom stereocenters. The highest BCUT2D eigenvalue weighted by molar-refractivity contribution is 5.91. The van der Waals surface area contributed by atoms with Crippen LogP contribution in [-0.2, 0) is 22.4 Å². The van der Waals surface area contributed by atoms with Gasteiger partial charge in [0.2, 0.25) is 0 Å². The van der Waals surface area contributed by atoms with Gasteiger partial charge in [-0.05, 0) is 80.7 Å². The molecule has 264 valence electrons. The summed E-state index contributed by atoms with van der Waals surface area (Å²) in [7, 11) is 0. The van der Waals surface area contributed by atoms with Gasteiger partial charge >= 0.3 is 12.1 Å². The lowest BCUT2D eigenvalue weighted by Gasteiger charge is -2.44. The van der Waals surface area contributed by atoms with Crippen molar-refractivity contribution in [2.75, 3.05) is 51.1 Å². The fourth-order valence-electron chi connectivity index (χ4n) is 7.90. The maximum atomic E-state index is 14.0. The molecule has 0 spiro atoms. The summed E-state index contributed by atoms with van der Waals surface area (Å²) in [5.74, 6) is -0.115. The summed E-state index contributed by atoms with van der Waals surface area (Å²) in [6, 6.07) is 13.2. The van der Waals surface area contributed by atoms with Gasteiger partial charge in [-0.25, -0.2) is 9.59 Å². The first kappa shape index (κ1) is 34.8. The maximum Gasteiger partial charge on any atom is 0.410 e. The van der Waals surface area contributed by atoms with Gasteiger partial charge in [0.05, 0.1) is 5.60 Å². The van der Waals surface area contributed by atoms with E-state index in [1.165, 1.54) is 0 Å². The van der Waals surface area contributed by atoms with Gasteiger partial charge in [0.15, 0.2) is 6.10 Å². The molecule has 0 aromatic heterocycles. The van der Waals surface area contributed by atoms with Crippen LogP contribution in [0.25, 0.3) is 6.08 Å². The minimum atomic E-state index is -1.02. The van der Waals surface area contributed by atoms with Gasteiger partial charge in [0, 0.05) is 75.6 Å². The van der Waals surface area contributed by atoms with E-state index < -0.39 is 17.8 Å². The van der Waals surface area contributed by atoms with Gasteiger partial charge < -0.3 is 39.9 Å². The van der Waals surface area contributed by atoms with Crippen LogP contribution in [0.15, 0.2) is 49.0 Å². The van der Waals surface area contributed by atoms with Crippen molar-refractivity contribution < 1.29 is 29.3 Å². The second-order valence-corrected chi connectivity index (χ2v) is 14.1. The van der Waals surface area contributed by atoms with E-state index in [2.05, 4.69) is 16.8 Å². The lowest BCUT2D eigenvalue weighted by molar-refractivity contribution is -0.142. The quantitative estimate of drug-likeness (QED) is 0.365. The van der Waals surface area contributed by atoms with Gasteiger partial charge in [-0.3, -0.25) is 4.79 Å². The number of nitrogens with one attached hydrogen (secondary N) is 1. The number of hydrogen-bond donors (Lipinski definition) is 3. The van der Waals surface area contributed by atoms with Crippen molar-refractivity contribution in [1.29, 1.82) is 0 Å². The Balaban J connectivity index is 1.07. The summed E-state index contributed by atoms with van der Waals surface area (Å²) >= 11 is 0. The Kier molecular flexibility index (Phi) is 10.8. The molecule has 2 aromatic carbocycles. The number of hydrogen-bond acceptors (Lipinski definition) is 7. The summed E-state index contributed by atoms with van der Waals surface area (Å²) in [5, 5.41) is 23.9. The zero-order valence-electron chi connectivity index (χ0n) is 28.7. The molecule has 3 saturated heterocycles. The molecular formula is C38H51N5O6. The molecule has 4 aliphatic rings. The SMILES string of the molecule is C=Cc1cc(C[C@@H](OC(=O)N2CCC(N3CCc4ccccc4NC3=O)CC2)C(=O)N2CCC(N3CCC(O)(CC)CC3)CC2)ccc1O. The van der Waals surface area contributed by atoms with E-state index in [0.717, 1.165) is 68.4 Å². The van der Waals surface area contributed by atoms with Crippen molar-refractivity contribution in [1.82, 2.24) is 19.6 Å². The molecule has 3 N–H and O–H groups in total. The Labute approximate surface area is 289 Å². The molecule has 3 fully saturated rings. The molecule has 4 amide bonds. The van der Waals surface area contributed by atoms with E-state index in [1.54, 1.807) is 29.2 Å².